The molecule has 21 heavy (non-hydrogen) atoms. The van der Waals surface area contributed by atoms with Crippen LogP contribution in [-0.4, -0.2) is 32.3 Å². The molecule has 5 heterocycles. The molecule has 4 nitrogen and oxygen atoms in total. The first-order chi connectivity index (χ1) is 10.1. The lowest BCUT2D eigenvalue weighted by molar-refractivity contribution is -0.215. The van der Waals surface area contributed by atoms with Gasteiger partial charge in [0.2, 0.25) is 0 Å². The summed E-state index contributed by atoms with van der Waals surface area (Å²) in [5.74, 6) is 0.963. The van der Waals surface area contributed by atoms with Gasteiger partial charge < -0.3 is 14.8 Å². The quantitative estimate of drug-likeness (QED) is 0.778. The summed E-state index contributed by atoms with van der Waals surface area (Å²) in [5, 5.41) is 22.4. The number of nitrogens with zero attached hydrogens (tertiary/aromatic N) is 2. The molecule has 0 aliphatic carbocycles. The number of piperidine rings is 3. The first-order valence-corrected chi connectivity index (χ1v) is 7.88. The van der Waals surface area contributed by atoms with Crippen molar-refractivity contribution in [1.29, 1.82) is 0 Å². The first kappa shape index (κ1) is 12.1. The molecule has 0 amide bonds. The van der Waals surface area contributed by atoms with Crippen LogP contribution in [0.5, 0.6) is 5.75 Å². The lowest BCUT2D eigenvalue weighted by Gasteiger charge is -2.58. The standard InChI is InChI=1S/C17H20N2O2/c1-18-15-3-2-12(20)8-13(15)14-7-11-6-10-4-5-19(11)17(21,9-10)16(14)18/h2-3,8,10-11,20-21H,4-7,9H2,1H3/t10-,11?,17+/m0/s1. The first-order valence-electron chi connectivity index (χ1n) is 7.88. The van der Waals surface area contributed by atoms with Crippen molar-refractivity contribution in [2.45, 2.75) is 37.5 Å². The van der Waals surface area contributed by atoms with E-state index in [9.17, 15) is 10.2 Å². The van der Waals surface area contributed by atoms with E-state index in [0.717, 1.165) is 36.0 Å². The van der Waals surface area contributed by atoms with Gasteiger partial charge >= 0.3 is 0 Å². The Morgan fingerprint density at radius 1 is 1.33 bits per heavy atom. The molecule has 4 aliphatic heterocycles. The van der Waals surface area contributed by atoms with E-state index < -0.39 is 5.72 Å². The number of aryl methyl sites for hydroxylation is 1. The molecule has 3 saturated heterocycles. The molecule has 2 aromatic rings. The predicted octanol–water partition coefficient (Wildman–Crippen LogP) is 2.07. The molecule has 110 valence electrons. The summed E-state index contributed by atoms with van der Waals surface area (Å²) < 4.78 is 2.14. The Bertz CT molecular complexity index is 766. The van der Waals surface area contributed by atoms with Crippen molar-refractivity contribution in [3.05, 3.63) is 29.5 Å². The van der Waals surface area contributed by atoms with Crippen LogP contribution in [0.1, 0.15) is 30.5 Å². The van der Waals surface area contributed by atoms with Gasteiger partial charge in [-0.1, -0.05) is 0 Å². The molecule has 4 bridgehead atoms. The molecule has 4 aliphatic rings. The zero-order valence-corrected chi connectivity index (χ0v) is 12.2. The van der Waals surface area contributed by atoms with E-state index in [1.165, 1.54) is 18.4 Å². The molecule has 4 atom stereocenters. The van der Waals surface area contributed by atoms with Gasteiger partial charge in [0, 0.05) is 30.5 Å². The fraction of sp³-hybridized carbons (Fsp3) is 0.529. The van der Waals surface area contributed by atoms with Crippen LogP contribution in [0.2, 0.25) is 0 Å². The van der Waals surface area contributed by atoms with Crippen molar-refractivity contribution in [1.82, 2.24) is 9.47 Å². The van der Waals surface area contributed by atoms with Gasteiger partial charge in [0.1, 0.15) is 5.75 Å². The zero-order valence-electron chi connectivity index (χ0n) is 12.2. The third-order valence-corrected chi connectivity index (χ3v) is 5.98. The van der Waals surface area contributed by atoms with Crippen LogP contribution < -0.4 is 0 Å². The summed E-state index contributed by atoms with van der Waals surface area (Å²) in [7, 11) is 2.04. The number of aromatic hydroxyl groups is 1. The maximum atomic E-state index is 11.4. The van der Waals surface area contributed by atoms with E-state index in [1.54, 1.807) is 6.07 Å². The molecule has 0 radical (unpaired) electrons. The van der Waals surface area contributed by atoms with Crippen LogP contribution in [-0.2, 0) is 19.2 Å². The minimum Gasteiger partial charge on any atom is -0.508 e. The van der Waals surface area contributed by atoms with Crippen LogP contribution >= 0.6 is 0 Å². The Balaban J connectivity index is 1.84. The fourth-order valence-corrected chi connectivity index (χ4v) is 5.21. The third kappa shape index (κ3) is 1.33. The summed E-state index contributed by atoms with van der Waals surface area (Å²) in [5.41, 5.74) is 2.61. The zero-order chi connectivity index (χ0) is 14.4. The molecule has 0 saturated carbocycles. The lowest BCUT2D eigenvalue weighted by Crippen LogP contribution is -2.64. The lowest BCUT2D eigenvalue weighted by atomic mass is 9.70. The van der Waals surface area contributed by atoms with E-state index >= 15 is 0 Å². The monoisotopic (exact) mass is 284 g/mol. The van der Waals surface area contributed by atoms with Gasteiger partial charge in [-0.05, 0) is 55.4 Å². The Morgan fingerprint density at radius 2 is 2.19 bits per heavy atom. The van der Waals surface area contributed by atoms with E-state index in [2.05, 4.69) is 9.47 Å². The maximum absolute atomic E-state index is 11.4. The average Bonchev–Trinajstić information content (AvgIpc) is 2.72. The number of phenols is 1. The maximum Gasteiger partial charge on any atom is 0.160 e. The summed E-state index contributed by atoms with van der Waals surface area (Å²) >= 11 is 0. The second-order valence-electron chi connectivity index (χ2n) is 7.05. The van der Waals surface area contributed by atoms with Gasteiger partial charge in [0.25, 0.3) is 0 Å². The number of phenolic OH excluding ortho intramolecular Hbond substituents is 1. The van der Waals surface area contributed by atoms with Gasteiger partial charge in [-0.15, -0.1) is 0 Å². The minimum atomic E-state index is -0.803. The van der Waals surface area contributed by atoms with E-state index in [-0.39, 0.29) is 0 Å². The van der Waals surface area contributed by atoms with Gasteiger partial charge in [0.05, 0.1) is 5.69 Å². The number of aliphatic hydroxyl groups is 1. The number of hydrogen-bond acceptors (Lipinski definition) is 3. The Kier molecular flexibility index (Phi) is 2.08. The smallest absolute Gasteiger partial charge is 0.160 e. The van der Waals surface area contributed by atoms with Gasteiger partial charge in [0.15, 0.2) is 5.72 Å². The van der Waals surface area contributed by atoms with Gasteiger partial charge in [-0.2, -0.15) is 0 Å². The summed E-state index contributed by atoms with van der Waals surface area (Å²) in [6.07, 6.45) is 4.28. The Hall–Kier alpha value is -1.52. The van der Waals surface area contributed by atoms with Crippen LogP contribution in [0.15, 0.2) is 18.2 Å². The van der Waals surface area contributed by atoms with Gasteiger partial charge in [-0.25, -0.2) is 0 Å². The van der Waals surface area contributed by atoms with E-state index in [0.29, 0.717) is 17.7 Å². The largest absolute Gasteiger partial charge is 0.508 e. The van der Waals surface area contributed by atoms with Crippen LogP contribution in [0.25, 0.3) is 10.9 Å². The number of benzene rings is 1. The van der Waals surface area contributed by atoms with Crippen molar-refractivity contribution in [3.63, 3.8) is 0 Å². The number of aromatic nitrogens is 1. The molecular weight excluding hydrogens is 264 g/mol. The highest BCUT2D eigenvalue weighted by molar-refractivity contribution is 5.87. The second-order valence-corrected chi connectivity index (χ2v) is 7.05. The van der Waals surface area contributed by atoms with E-state index in [1.807, 2.05) is 19.2 Å². The highest BCUT2D eigenvalue weighted by Crippen LogP contribution is 2.53. The number of rotatable bonds is 0. The normalized spacial score (nSPS) is 37.0. The molecule has 2 N–H and O–H groups in total. The number of hydrogen-bond donors (Lipinski definition) is 2. The van der Waals surface area contributed by atoms with Crippen molar-refractivity contribution in [2.24, 2.45) is 13.0 Å². The average molecular weight is 284 g/mol. The van der Waals surface area contributed by atoms with Crippen molar-refractivity contribution >= 4 is 10.9 Å². The molecule has 3 fully saturated rings. The summed E-state index contributed by atoms with van der Waals surface area (Å²) in [6.45, 7) is 1.01. The molecule has 6 rings (SSSR count). The van der Waals surface area contributed by atoms with Crippen molar-refractivity contribution in [2.75, 3.05) is 6.54 Å². The molecule has 1 aromatic carbocycles. The molecular formula is C17H20N2O2. The van der Waals surface area contributed by atoms with Gasteiger partial charge in [-0.3, -0.25) is 4.90 Å². The number of fused-ring (bicyclic) bond motifs is 4. The Labute approximate surface area is 123 Å². The van der Waals surface area contributed by atoms with Crippen LogP contribution in [0.4, 0.5) is 0 Å². The highest BCUT2D eigenvalue weighted by Gasteiger charge is 2.55. The van der Waals surface area contributed by atoms with Crippen molar-refractivity contribution in [3.8, 4) is 5.75 Å². The third-order valence-electron chi connectivity index (χ3n) is 5.98. The van der Waals surface area contributed by atoms with Crippen molar-refractivity contribution < 1.29 is 10.2 Å². The minimum absolute atomic E-state index is 0.306. The molecule has 4 heteroatoms. The van der Waals surface area contributed by atoms with Crippen LogP contribution in [0, 0.1) is 5.92 Å². The summed E-state index contributed by atoms with van der Waals surface area (Å²) in [6, 6.07) is 6.01. The fourth-order valence-electron chi connectivity index (χ4n) is 5.21. The highest BCUT2D eigenvalue weighted by atomic mass is 16.3. The van der Waals surface area contributed by atoms with E-state index in [4.69, 9.17) is 0 Å². The Morgan fingerprint density at radius 3 is 3.00 bits per heavy atom. The predicted molar refractivity (Wildman–Crippen MR) is 80.0 cm³/mol. The molecule has 0 spiro atoms. The topological polar surface area (TPSA) is 48.6 Å². The summed E-state index contributed by atoms with van der Waals surface area (Å²) in [4.78, 5) is 2.33. The molecule has 1 aromatic heterocycles. The molecule has 2 unspecified atom stereocenters. The van der Waals surface area contributed by atoms with Crippen LogP contribution in [0.3, 0.4) is 0 Å². The second kappa shape index (κ2) is 3.62. The SMILES string of the molecule is Cn1c2c(c3cc(O)ccc31)CC1C[C@@H]3CCN1[C@@]2(O)C3.